The molecular weight excluding hydrogens is 238 g/mol. The van der Waals surface area contributed by atoms with Crippen molar-refractivity contribution in [3.05, 3.63) is 36.0 Å². The van der Waals surface area contributed by atoms with Gasteiger partial charge in [0, 0.05) is 29.2 Å². The molecule has 1 atom stereocenters. The number of benzene rings is 1. The molecule has 4 heteroatoms. The van der Waals surface area contributed by atoms with Crippen LogP contribution in [0.25, 0.3) is 10.9 Å². The fourth-order valence-corrected chi connectivity index (χ4v) is 2.71. The van der Waals surface area contributed by atoms with Gasteiger partial charge in [-0.15, -0.1) is 0 Å². The molecular formula is C15H19N3O. The third-order valence-electron chi connectivity index (χ3n) is 3.79. The molecule has 19 heavy (non-hydrogen) atoms. The largest absolute Gasteiger partial charge is 0.361 e. The van der Waals surface area contributed by atoms with Gasteiger partial charge in [-0.1, -0.05) is 6.07 Å². The van der Waals surface area contributed by atoms with Crippen molar-refractivity contribution in [1.82, 2.24) is 15.6 Å². The molecule has 0 aliphatic carbocycles. The molecule has 1 aliphatic heterocycles. The topological polar surface area (TPSA) is 56.9 Å². The summed E-state index contributed by atoms with van der Waals surface area (Å²) in [4.78, 5) is 15.4. The number of fused-ring (bicyclic) bond motifs is 1. The van der Waals surface area contributed by atoms with Gasteiger partial charge in [-0.3, -0.25) is 4.79 Å². The van der Waals surface area contributed by atoms with Gasteiger partial charge in [0.2, 0.25) is 0 Å². The number of H-pyrrole nitrogens is 1. The Morgan fingerprint density at radius 2 is 2.32 bits per heavy atom. The zero-order valence-corrected chi connectivity index (χ0v) is 10.9. The lowest BCUT2D eigenvalue weighted by Gasteiger charge is -2.22. The van der Waals surface area contributed by atoms with Gasteiger partial charge in [0.25, 0.3) is 5.91 Å². The van der Waals surface area contributed by atoms with E-state index in [0.29, 0.717) is 5.92 Å². The van der Waals surface area contributed by atoms with Crippen LogP contribution in [0, 0.1) is 5.92 Å². The van der Waals surface area contributed by atoms with E-state index in [4.69, 9.17) is 0 Å². The lowest BCUT2D eigenvalue weighted by atomic mass is 9.99. The number of aromatic amines is 1. The molecule has 0 radical (unpaired) electrons. The maximum Gasteiger partial charge on any atom is 0.251 e. The van der Waals surface area contributed by atoms with E-state index in [0.717, 1.165) is 36.1 Å². The van der Waals surface area contributed by atoms with Gasteiger partial charge in [0.05, 0.1) is 0 Å². The lowest BCUT2D eigenvalue weighted by Crippen LogP contribution is -2.38. The molecule has 2 aromatic rings. The molecule has 4 nitrogen and oxygen atoms in total. The smallest absolute Gasteiger partial charge is 0.251 e. The number of amides is 1. The van der Waals surface area contributed by atoms with Crippen LogP contribution in [0.15, 0.2) is 30.5 Å². The summed E-state index contributed by atoms with van der Waals surface area (Å²) < 4.78 is 0. The van der Waals surface area contributed by atoms with E-state index in [2.05, 4.69) is 15.6 Å². The molecule has 0 saturated carbocycles. The van der Waals surface area contributed by atoms with Crippen molar-refractivity contribution < 1.29 is 4.79 Å². The predicted octanol–water partition coefficient (Wildman–Crippen LogP) is 1.90. The number of aromatic nitrogens is 1. The Balaban J connectivity index is 1.68. The Kier molecular flexibility index (Phi) is 3.51. The number of rotatable bonds is 3. The Labute approximate surface area is 112 Å². The fourth-order valence-electron chi connectivity index (χ4n) is 2.71. The first-order valence-corrected chi connectivity index (χ1v) is 6.89. The molecule has 100 valence electrons. The van der Waals surface area contributed by atoms with Gasteiger partial charge in [0.1, 0.15) is 0 Å². The monoisotopic (exact) mass is 257 g/mol. The summed E-state index contributed by atoms with van der Waals surface area (Å²) in [6.45, 7) is 2.87. The van der Waals surface area contributed by atoms with E-state index in [1.807, 2.05) is 30.5 Å². The van der Waals surface area contributed by atoms with Crippen molar-refractivity contribution in [3.8, 4) is 0 Å². The molecule has 1 aromatic heterocycles. The number of hydrogen-bond donors (Lipinski definition) is 3. The van der Waals surface area contributed by atoms with Crippen LogP contribution < -0.4 is 10.6 Å². The molecule has 1 aromatic carbocycles. The second-order valence-electron chi connectivity index (χ2n) is 5.17. The van der Waals surface area contributed by atoms with Crippen molar-refractivity contribution in [2.75, 3.05) is 19.6 Å². The van der Waals surface area contributed by atoms with Crippen molar-refractivity contribution in [3.63, 3.8) is 0 Å². The summed E-state index contributed by atoms with van der Waals surface area (Å²) >= 11 is 0. The Bertz CT molecular complexity index is 570. The summed E-state index contributed by atoms with van der Waals surface area (Å²) in [5, 5.41) is 7.41. The van der Waals surface area contributed by atoms with Crippen molar-refractivity contribution in [1.29, 1.82) is 0 Å². The molecule has 3 N–H and O–H groups in total. The zero-order chi connectivity index (χ0) is 13.1. The van der Waals surface area contributed by atoms with E-state index in [1.165, 1.54) is 12.8 Å². The Hall–Kier alpha value is -1.81. The highest BCUT2D eigenvalue weighted by Crippen LogP contribution is 2.17. The summed E-state index contributed by atoms with van der Waals surface area (Å²) in [5.74, 6) is 0.582. The van der Waals surface area contributed by atoms with E-state index < -0.39 is 0 Å². The fraction of sp³-hybridized carbons (Fsp3) is 0.400. The van der Waals surface area contributed by atoms with Crippen LogP contribution in [-0.2, 0) is 0 Å². The van der Waals surface area contributed by atoms with Crippen LogP contribution in [0.5, 0.6) is 0 Å². The minimum atomic E-state index is 0.0239. The molecule has 1 saturated heterocycles. The van der Waals surface area contributed by atoms with Crippen LogP contribution in [-0.4, -0.2) is 30.5 Å². The number of piperidine rings is 1. The van der Waals surface area contributed by atoms with Gasteiger partial charge < -0.3 is 15.6 Å². The third kappa shape index (κ3) is 2.63. The van der Waals surface area contributed by atoms with Crippen LogP contribution in [0.2, 0.25) is 0 Å². The van der Waals surface area contributed by atoms with E-state index in [9.17, 15) is 4.79 Å². The molecule has 2 heterocycles. The summed E-state index contributed by atoms with van der Waals surface area (Å²) in [6.07, 6.45) is 4.27. The Morgan fingerprint density at radius 3 is 3.16 bits per heavy atom. The second-order valence-corrected chi connectivity index (χ2v) is 5.17. The average molecular weight is 257 g/mol. The molecule has 1 amide bonds. The molecule has 1 unspecified atom stereocenters. The average Bonchev–Trinajstić information content (AvgIpc) is 2.94. The highest BCUT2D eigenvalue weighted by Gasteiger charge is 2.15. The highest BCUT2D eigenvalue weighted by molar-refractivity contribution is 6.06. The van der Waals surface area contributed by atoms with E-state index in [-0.39, 0.29) is 5.91 Å². The first-order chi connectivity index (χ1) is 9.34. The minimum Gasteiger partial charge on any atom is -0.361 e. The number of carbonyl (C=O) groups excluding carboxylic acids is 1. The number of carbonyl (C=O) groups is 1. The quantitative estimate of drug-likeness (QED) is 0.786. The third-order valence-corrected chi connectivity index (χ3v) is 3.79. The van der Waals surface area contributed by atoms with Crippen molar-refractivity contribution in [2.24, 2.45) is 5.92 Å². The summed E-state index contributed by atoms with van der Waals surface area (Å²) in [6, 6.07) is 7.73. The van der Waals surface area contributed by atoms with Crippen LogP contribution >= 0.6 is 0 Å². The second kappa shape index (κ2) is 5.45. The predicted molar refractivity (Wildman–Crippen MR) is 76.2 cm³/mol. The lowest BCUT2D eigenvalue weighted by molar-refractivity contribution is 0.0946. The SMILES string of the molecule is O=C(NCC1CCCNC1)c1cccc2[nH]ccc12. The zero-order valence-electron chi connectivity index (χ0n) is 10.9. The van der Waals surface area contributed by atoms with E-state index >= 15 is 0 Å². The standard InChI is InChI=1S/C15H19N3O/c19-15(18-10-11-3-2-7-16-9-11)13-4-1-5-14-12(13)6-8-17-14/h1,4-6,8,11,16-17H,2-3,7,9-10H2,(H,18,19). The molecule has 0 bridgehead atoms. The number of hydrogen-bond acceptors (Lipinski definition) is 2. The van der Waals surface area contributed by atoms with Gasteiger partial charge in [0.15, 0.2) is 0 Å². The molecule has 3 rings (SSSR count). The van der Waals surface area contributed by atoms with Crippen molar-refractivity contribution >= 4 is 16.8 Å². The minimum absolute atomic E-state index is 0.0239. The molecule has 1 aliphatic rings. The van der Waals surface area contributed by atoms with Gasteiger partial charge in [-0.2, -0.15) is 0 Å². The normalized spacial score (nSPS) is 19.5. The number of nitrogens with one attached hydrogen (secondary N) is 3. The van der Waals surface area contributed by atoms with Gasteiger partial charge >= 0.3 is 0 Å². The maximum atomic E-state index is 12.3. The Morgan fingerprint density at radius 1 is 1.37 bits per heavy atom. The van der Waals surface area contributed by atoms with Gasteiger partial charge in [-0.25, -0.2) is 0 Å². The van der Waals surface area contributed by atoms with Crippen LogP contribution in [0.4, 0.5) is 0 Å². The first kappa shape index (κ1) is 12.2. The van der Waals surface area contributed by atoms with E-state index in [1.54, 1.807) is 0 Å². The molecule has 1 fully saturated rings. The molecule has 0 spiro atoms. The van der Waals surface area contributed by atoms with Crippen LogP contribution in [0.1, 0.15) is 23.2 Å². The highest BCUT2D eigenvalue weighted by atomic mass is 16.1. The van der Waals surface area contributed by atoms with Crippen LogP contribution in [0.3, 0.4) is 0 Å². The summed E-state index contributed by atoms with van der Waals surface area (Å²) in [5.41, 5.74) is 1.76. The first-order valence-electron chi connectivity index (χ1n) is 6.89. The maximum absolute atomic E-state index is 12.3. The summed E-state index contributed by atoms with van der Waals surface area (Å²) in [7, 11) is 0. The van der Waals surface area contributed by atoms with Crippen molar-refractivity contribution in [2.45, 2.75) is 12.8 Å². The van der Waals surface area contributed by atoms with Gasteiger partial charge in [-0.05, 0) is 50.0 Å².